The third kappa shape index (κ3) is 21.9. The summed E-state index contributed by atoms with van der Waals surface area (Å²) < 4.78 is 27.5. The van der Waals surface area contributed by atoms with E-state index in [2.05, 4.69) is 18.7 Å². The number of rotatable bonds is 23. The van der Waals surface area contributed by atoms with Crippen LogP contribution in [0.2, 0.25) is 0 Å². The average Bonchev–Trinajstić information content (AvgIpc) is 2.68. The van der Waals surface area contributed by atoms with Crippen molar-refractivity contribution in [1.82, 2.24) is 4.90 Å². The maximum Gasteiger partial charge on any atom is 0.0701 e. The normalized spacial score (nSPS) is 11.6. The number of ether oxygens (including phenoxy) is 5. The maximum atomic E-state index is 8.59. The predicted octanol–water partition coefficient (Wildman–Crippen LogP) is 1.96. The first-order chi connectivity index (χ1) is 13.3. The van der Waals surface area contributed by atoms with E-state index in [9.17, 15) is 0 Å². The second-order valence-corrected chi connectivity index (χ2v) is 6.33. The highest BCUT2D eigenvalue weighted by Crippen LogP contribution is 1.95. The summed E-state index contributed by atoms with van der Waals surface area (Å²) in [5.41, 5.74) is 0. The number of aliphatic hydroxyl groups excluding tert-OH is 1. The Kier molecular flexibility index (Phi) is 23.5. The smallest absolute Gasteiger partial charge is 0.0701 e. The van der Waals surface area contributed by atoms with E-state index in [1.165, 1.54) is 12.8 Å². The minimum Gasteiger partial charge on any atom is -0.394 e. The summed E-state index contributed by atoms with van der Waals surface area (Å²) in [5, 5.41) is 8.59. The summed E-state index contributed by atoms with van der Waals surface area (Å²) in [4.78, 5) is 2.33. The van der Waals surface area contributed by atoms with E-state index in [0.717, 1.165) is 58.9 Å². The van der Waals surface area contributed by atoms with Crippen LogP contribution in [0.4, 0.5) is 0 Å². The molecule has 0 aromatic carbocycles. The molecule has 0 aromatic rings. The van der Waals surface area contributed by atoms with E-state index in [-0.39, 0.29) is 6.61 Å². The van der Waals surface area contributed by atoms with Gasteiger partial charge in [-0.15, -0.1) is 0 Å². The summed E-state index contributed by atoms with van der Waals surface area (Å²) in [7, 11) is 0. The molecular formula is C20H43NO6. The van der Waals surface area contributed by atoms with Crippen LogP contribution in [-0.4, -0.2) is 102 Å². The predicted molar refractivity (Wildman–Crippen MR) is 107 cm³/mol. The highest BCUT2D eigenvalue weighted by Gasteiger charge is 2.05. The van der Waals surface area contributed by atoms with Crippen LogP contribution in [0.1, 0.15) is 39.5 Å². The molecule has 0 saturated heterocycles. The standard InChI is InChI=1S/C20H43NO6/c1-3-5-11-23-13-7-21(8-14-24-12-6-4-2)9-15-25-17-19-27-20-18-26-16-10-22/h22H,3-20H2,1-2H3. The quantitative estimate of drug-likeness (QED) is 0.266. The Morgan fingerprint density at radius 2 is 0.889 bits per heavy atom. The van der Waals surface area contributed by atoms with E-state index < -0.39 is 0 Å². The minimum absolute atomic E-state index is 0.0485. The summed E-state index contributed by atoms with van der Waals surface area (Å²) in [6, 6.07) is 0. The van der Waals surface area contributed by atoms with Gasteiger partial charge in [-0.3, -0.25) is 4.90 Å². The Balaban J connectivity index is 3.68. The number of hydrogen-bond donors (Lipinski definition) is 1. The van der Waals surface area contributed by atoms with Gasteiger partial charge in [0.1, 0.15) is 0 Å². The Morgan fingerprint density at radius 3 is 1.30 bits per heavy atom. The van der Waals surface area contributed by atoms with Crippen molar-refractivity contribution in [2.75, 3.05) is 92.3 Å². The zero-order chi connectivity index (χ0) is 19.8. The van der Waals surface area contributed by atoms with Crippen LogP contribution >= 0.6 is 0 Å². The van der Waals surface area contributed by atoms with E-state index in [4.69, 9.17) is 28.8 Å². The molecule has 7 nitrogen and oxygen atoms in total. The number of aliphatic hydroxyl groups is 1. The van der Waals surface area contributed by atoms with Crippen LogP contribution in [-0.2, 0) is 23.7 Å². The van der Waals surface area contributed by atoms with Crippen LogP contribution in [0, 0.1) is 0 Å². The lowest BCUT2D eigenvalue weighted by molar-refractivity contribution is 0.00159. The van der Waals surface area contributed by atoms with E-state index in [1.54, 1.807) is 0 Å². The molecule has 0 aromatic heterocycles. The van der Waals surface area contributed by atoms with Crippen molar-refractivity contribution in [1.29, 1.82) is 0 Å². The fourth-order valence-electron chi connectivity index (χ4n) is 2.22. The largest absolute Gasteiger partial charge is 0.394 e. The fourth-order valence-corrected chi connectivity index (χ4v) is 2.22. The van der Waals surface area contributed by atoms with Gasteiger partial charge in [0, 0.05) is 32.8 Å². The van der Waals surface area contributed by atoms with E-state index >= 15 is 0 Å². The molecule has 7 heteroatoms. The molecule has 0 unspecified atom stereocenters. The lowest BCUT2D eigenvalue weighted by atomic mass is 10.4. The SMILES string of the molecule is CCCCOCCN(CCOCCCC)CCOCCOCCOCCO. The molecule has 0 aliphatic rings. The van der Waals surface area contributed by atoms with Crippen molar-refractivity contribution < 1.29 is 28.8 Å². The Morgan fingerprint density at radius 1 is 0.519 bits per heavy atom. The third-order valence-corrected chi connectivity index (χ3v) is 3.92. The lowest BCUT2D eigenvalue weighted by Crippen LogP contribution is -2.34. The third-order valence-electron chi connectivity index (χ3n) is 3.92. The second kappa shape index (κ2) is 23.8. The molecule has 0 amide bonds. The molecular weight excluding hydrogens is 350 g/mol. The second-order valence-electron chi connectivity index (χ2n) is 6.33. The van der Waals surface area contributed by atoms with Crippen LogP contribution in [0.5, 0.6) is 0 Å². The molecule has 0 aliphatic carbocycles. The summed E-state index contributed by atoms with van der Waals surface area (Å²) >= 11 is 0. The zero-order valence-corrected chi connectivity index (χ0v) is 17.7. The highest BCUT2D eigenvalue weighted by atomic mass is 16.5. The first-order valence-corrected chi connectivity index (χ1v) is 10.6. The van der Waals surface area contributed by atoms with Crippen molar-refractivity contribution >= 4 is 0 Å². The van der Waals surface area contributed by atoms with Crippen molar-refractivity contribution in [3.8, 4) is 0 Å². The molecule has 0 heterocycles. The van der Waals surface area contributed by atoms with Gasteiger partial charge in [0.25, 0.3) is 0 Å². The van der Waals surface area contributed by atoms with Crippen molar-refractivity contribution in [2.24, 2.45) is 0 Å². The summed E-state index contributed by atoms with van der Waals surface area (Å²) in [6.07, 6.45) is 4.57. The first-order valence-electron chi connectivity index (χ1n) is 10.6. The number of hydrogen-bond acceptors (Lipinski definition) is 7. The molecule has 0 fully saturated rings. The van der Waals surface area contributed by atoms with Gasteiger partial charge in [0.2, 0.25) is 0 Å². The topological polar surface area (TPSA) is 69.6 Å². The van der Waals surface area contributed by atoms with E-state index in [0.29, 0.717) is 39.6 Å². The van der Waals surface area contributed by atoms with E-state index in [1.807, 2.05) is 0 Å². The van der Waals surface area contributed by atoms with Gasteiger partial charge >= 0.3 is 0 Å². The zero-order valence-electron chi connectivity index (χ0n) is 17.7. The monoisotopic (exact) mass is 393 g/mol. The Bertz CT molecular complexity index is 257. The molecule has 0 atom stereocenters. The Hall–Kier alpha value is -0.280. The molecule has 164 valence electrons. The molecule has 0 spiro atoms. The molecule has 0 bridgehead atoms. The highest BCUT2D eigenvalue weighted by molar-refractivity contribution is 4.57. The van der Waals surface area contributed by atoms with Gasteiger partial charge in [-0.25, -0.2) is 0 Å². The maximum absolute atomic E-state index is 8.59. The first kappa shape index (κ1) is 26.7. The van der Waals surface area contributed by atoms with Gasteiger partial charge in [0.15, 0.2) is 0 Å². The fraction of sp³-hybridized carbons (Fsp3) is 1.00. The van der Waals surface area contributed by atoms with Crippen LogP contribution < -0.4 is 0 Å². The summed E-state index contributed by atoms with van der Waals surface area (Å²) in [5.74, 6) is 0. The number of nitrogens with zero attached hydrogens (tertiary/aromatic N) is 1. The number of unbranched alkanes of at least 4 members (excludes halogenated alkanes) is 2. The molecule has 27 heavy (non-hydrogen) atoms. The Labute approximate surface area is 166 Å². The van der Waals surface area contributed by atoms with Crippen LogP contribution in [0.3, 0.4) is 0 Å². The van der Waals surface area contributed by atoms with Crippen molar-refractivity contribution in [3.05, 3.63) is 0 Å². The van der Waals surface area contributed by atoms with Gasteiger partial charge < -0.3 is 28.8 Å². The minimum atomic E-state index is 0.0485. The molecule has 0 saturated carbocycles. The van der Waals surface area contributed by atoms with Crippen molar-refractivity contribution in [2.45, 2.75) is 39.5 Å². The average molecular weight is 394 g/mol. The van der Waals surface area contributed by atoms with Crippen molar-refractivity contribution in [3.63, 3.8) is 0 Å². The van der Waals surface area contributed by atoms with Gasteiger partial charge in [-0.05, 0) is 12.8 Å². The summed E-state index contributed by atoms with van der Waals surface area (Å²) in [6.45, 7) is 13.5. The van der Waals surface area contributed by atoms with Crippen LogP contribution in [0.25, 0.3) is 0 Å². The lowest BCUT2D eigenvalue weighted by Gasteiger charge is -2.22. The van der Waals surface area contributed by atoms with Gasteiger partial charge in [-0.1, -0.05) is 26.7 Å². The van der Waals surface area contributed by atoms with Crippen LogP contribution in [0.15, 0.2) is 0 Å². The molecule has 0 rings (SSSR count). The van der Waals surface area contributed by atoms with Gasteiger partial charge in [0.05, 0.1) is 59.5 Å². The molecule has 0 aliphatic heterocycles. The molecule has 1 N–H and O–H groups in total. The van der Waals surface area contributed by atoms with Gasteiger partial charge in [-0.2, -0.15) is 0 Å². The molecule has 0 radical (unpaired) electrons.